The molecule has 8 heteroatoms. The van der Waals surface area contributed by atoms with Gasteiger partial charge in [0, 0.05) is 0 Å². The van der Waals surface area contributed by atoms with E-state index in [1.165, 1.54) is 17.3 Å². The second kappa shape index (κ2) is 9.54. The van der Waals surface area contributed by atoms with Crippen molar-refractivity contribution in [2.24, 2.45) is 5.92 Å². The minimum atomic E-state index is -0.0590. The third kappa shape index (κ3) is 5.69. The minimum Gasteiger partial charge on any atom is -0.467 e. The molecule has 3 rings (SSSR count). The number of tetrazole rings is 1. The molecule has 2 heterocycles. The van der Waals surface area contributed by atoms with Crippen molar-refractivity contribution >= 4 is 17.7 Å². The van der Waals surface area contributed by atoms with Gasteiger partial charge in [-0.1, -0.05) is 49.9 Å². The molecule has 0 bridgehead atoms. The molecule has 1 aromatic carbocycles. The molecule has 3 aromatic rings. The lowest BCUT2D eigenvalue weighted by atomic mass is 10.00. The molecule has 7 nitrogen and oxygen atoms in total. The molecule has 0 saturated carbocycles. The van der Waals surface area contributed by atoms with Crippen LogP contribution in [0.3, 0.4) is 0 Å². The highest BCUT2D eigenvalue weighted by Crippen LogP contribution is 2.18. The number of aromatic nitrogens is 4. The van der Waals surface area contributed by atoms with E-state index in [2.05, 4.69) is 59.0 Å². The summed E-state index contributed by atoms with van der Waals surface area (Å²) in [5.74, 6) is 1.57. The van der Waals surface area contributed by atoms with Crippen molar-refractivity contribution in [1.29, 1.82) is 0 Å². The van der Waals surface area contributed by atoms with Gasteiger partial charge >= 0.3 is 0 Å². The van der Waals surface area contributed by atoms with Crippen LogP contribution in [0, 0.1) is 5.92 Å². The lowest BCUT2D eigenvalue weighted by Gasteiger charge is -2.15. The van der Waals surface area contributed by atoms with Gasteiger partial charge in [-0.15, -0.1) is 5.10 Å². The predicted molar refractivity (Wildman–Crippen MR) is 108 cm³/mol. The molecule has 1 unspecified atom stereocenters. The number of nitrogens with one attached hydrogen (secondary N) is 1. The molecule has 2 aromatic heterocycles. The van der Waals surface area contributed by atoms with Gasteiger partial charge in [-0.2, -0.15) is 0 Å². The molecule has 0 spiro atoms. The molecular formula is C20H25N5O2S. The van der Waals surface area contributed by atoms with Crippen LogP contribution in [0.5, 0.6) is 0 Å². The van der Waals surface area contributed by atoms with E-state index >= 15 is 0 Å². The van der Waals surface area contributed by atoms with Gasteiger partial charge in [0.05, 0.1) is 18.1 Å². The van der Waals surface area contributed by atoms with Gasteiger partial charge in [0.25, 0.3) is 0 Å². The predicted octanol–water partition coefficient (Wildman–Crippen LogP) is 3.48. The maximum atomic E-state index is 12.3. The summed E-state index contributed by atoms with van der Waals surface area (Å²) in [7, 11) is 0. The summed E-state index contributed by atoms with van der Waals surface area (Å²) < 4.78 is 6.93. The fourth-order valence-electron chi connectivity index (χ4n) is 2.86. The Labute approximate surface area is 168 Å². The van der Waals surface area contributed by atoms with E-state index in [0.717, 1.165) is 17.7 Å². The van der Waals surface area contributed by atoms with E-state index in [0.29, 0.717) is 17.6 Å². The summed E-state index contributed by atoms with van der Waals surface area (Å²) in [4.78, 5) is 12.3. The van der Waals surface area contributed by atoms with Crippen LogP contribution in [0.4, 0.5) is 0 Å². The van der Waals surface area contributed by atoms with Crippen molar-refractivity contribution in [2.75, 3.05) is 5.75 Å². The number of furan rings is 1. The van der Waals surface area contributed by atoms with Crippen LogP contribution in [-0.2, 0) is 17.8 Å². The van der Waals surface area contributed by atoms with E-state index < -0.39 is 0 Å². The third-order valence-corrected chi connectivity index (χ3v) is 5.18. The van der Waals surface area contributed by atoms with Gasteiger partial charge < -0.3 is 9.73 Å². The number of benzene rings is 1. The van der Waals surface area contributed by atoms with Crippen molar-refractivity contribution in [2.45, 2.75) is 44.9 Å². The molecule has 0 radical (unpaired) electrons. The van der Waals surface area contributed by atoms with Gasteiger partial charge in [-0.3, -0.25) is 4.79 Å². The van der Waals surface area contributed by atoms with E-state index in [9.17, 15) is 4.79 Å². The molecule has 28 heavy (non-hydrogen) atoms. The first-order valence-electron chi connectivity index (χ1n) is 9.31. The first kappa shape index (κ1) is 20.1. The van der Waals surface area contributed by atoms with Crippen molar-refractivity contribution in [1.82, 2.24) is 25.5 Å². The Morgan fingerprint density at radius 1 is 1.21 bits per heavy atom. The SMILES string of the molecule is CC(C)Cc1ccc(C(C)NC(=O)CSc2nnnn2Cc2ccco2)cc1. The summed E-state index contributed by atoms with van der Waals surface area (Å²) in [6, 6.07) is 12.1. The third-order valence-electron chi connectivity index (χ3n) is 4.22. The number of hydrogen-bond acceptors (Lipinski definition) is 6. The summed E-state index contributed by atoms with van der Waals surface area (Å²) in [6.07, 6.45) is 2.67. The molecule has 0 aliphatic rings. The first-order valence-corrected chi connectivity index (χ1v) is 10.3. The Morgan fingerprint density at radius 3 is 2.68 bits per heavy atom. The number of rotatable bonds is 9. The highest BCUT2D eigenvalue weighted by molar-refractivity contribution is 7.99. The van der Waals surface area contributed by atoms with Gasteiger partial charge in [-0.05, 0) is 52.9 Å². The van der Waals surface area contributed by atoms with Crippen LogP contribution in [0.15, 0.2) is 52.2 Å². The number of amides is 1. The molecule has 0 fully saturated rings. The van der Waals surface area contributed by atoms with Gasteiger partial charge in [0.1, 0.15) is 12.3 Å². The zero-order valence-electron chi connectivity index (χ0n) is 16.3. The van der Waals surface area contributed by atoms with Crippen LogP contribution in [0.25, 0.3) is 0 Å². The molecule has 0 aliphatic heterocycles. The molecule has 1 atom stereocenters. The quantitative estimate of drug-likeness (QED) is 0.555. The number of thioether (sulfide) groups is 1. The fourth-order valence-corrected chi connectivity index (χ4v) is 3.55. The molecule has 1 N–H and O–H groups in total. The molecule has 0 aliphatic carbocycles. The lowest BCUT2D eigenvalue weighted by molar-refractivity contribution is -0.119. The average Bonchev–Trinajstić information content (AvgIpc) is 3.32. The van der Waals surface area contributed by atoms with Crippen LogP contribution < -0.4 is 5.32 Å². The summed E-state index contributed by atoms with van der Waals surface area (Å²) in [5, 5.41) is 15.2. The first-order chi connectivity index (χ1) is 13.5. The fraction of sp³-hybridized carbons (Fsp3) is 0.400. The van der Waals surface area contributed by atoms with Gasteiger partial charge in [-0.25, -0.2) is 4.68 Å². The standard InChI is InChI=1S/C20H25N5O2S/c1-14(2)11-16-6-8-17(9-7-16)15(3)21-19(26)13-28-20-22-23-24-25(20)12-18-5-4-10-27-18/h4-10,14-15H,11-13H2,1-3H3,(H,21,26). The lowest BCUT2D eigenvalue weighted by Crippen LogP contribution is -2.28. The highest BCUT2D eigenvalue weighted by Gasteiger charge is 2.14. The maximum absolute atomic E-state index is 12.3. The topological polar surface area (TPSA) is 85.8 Å². The van der Waals surface area contributed by atoms with Crippen molar-refractivity contribution < 1.29 is 9.21 Å². The van der Waals surface area contributed by atoms with Gasteiger partial charge in [0.2, 0.25) is 11.1 Å². The zero-order valence-corrected chi connectivity index (χ0v) is 17.1. The van der Waals surface area contributed by atoms with E-state index in [-0.39, 0.29) is 17.7 Å². The van der Waals surface area contributed by atoms with E-state index in [1.807, 2.05) is 19.1 Å². The number of carbonyl (C=O) groups is 1. The maximum Gasteiger partial charge on any atom is 0.230 e. The van der Waals surface area contributed by atoms with Crippen molar-refractivity contribution in [3.63, 3.8) is 0 Å². The molecular weight excluding hydrogens is 374 g/mol. The number of nitrogens with zero attached hydrogens (tertiary/aromatic N) is 4. The van der Waals surface area contributed by atoms with Crippen molar-refractivity contribution in [3.8, 4) is 0 Å². The Morgan fingerprint density at radius 2 is 2.00 bits per heavy atom. The normalized spacial score (nSPS) is 12.3. The zero-order chi connectivity index (χ0) is 19.9. The number of hydrogen-bond donors (Lipinski definition) is 1. The Bertz CT molecular complexity index is 874. The summed E-state index contributed by atoms with van der Waals surface area (Å²) in [6.45, 7) is 6.84. The van der Waals surface area contributed by atoms with Crippen molar-refractivity contribution in [3.05, 3.63) is 59.5 Å². The molecule has 1 amide bonds. The molecule has 0 saturated heterocycles. The highest BCUT2D eigenvalue weighted by atomic mass is 32.2. The van der Waals surface area contributed by atoms with Crippen LogP contribution in [0.1, 0.15) is 43.7 Å². The number of carbonyl (C=O) groups excluding carboxylic acids is 1. The smallest absolute Gasteiger partial charge is 0.230 e. The van der Waals surface area contributed by atoms with Crippen LogP contribution in [-0.4, -0.2) is 31.9 Å². The van der Waals surface area contributed by atoms with E-state index in [1.54, 1.807) is 10.9 Å². The Hall–Kier alpha value is -2.61. The van der Waals surface area contributed by atoms with Crippen LogP contribution >= 0.6 is 11.8 Å². The summed E-state index contributed by atoms with van der Waals surface area (Å²) in [5.41, 5.74) is 2.41. The monoisotopic (exact) mass is 399 g/mol. The Balaban J connectivity index is 1.50. The van der Waals surface area contributed by atoms with Crippen LogP contribution in [0.2, 0.25) is 0 Å². The summed E-state index contributed by atoms with van der Waals surface area (Å²) >= 11 is 1.30. The average molecular weight is 400 g/mol. The second-order valence-electron chi connectivity index (χ2n) is 7.12. The molecule has 148 valence electrons. The Kier molecular flexibility index (Phi) is 6.86. The largest absolute Gasteiger partial charge is 0.467 e. The van der Waals surface area contributed by atoms with Gasteiger partial charge in [0.15, 0.2) is 0 Å². The van der Waals surface area contributed by atoms with E-state index in [4.69, 9.17) is 4.42 Å². The second-order valence-corrected chi connectivity index (χ2v) is 8.06. The minimum absolute atomic E-state index is 0.0553.